The van der Waals surface area contributed by atoms with Gasteiger partial charge in [0.25, 0.3) is 0 Å². The molecule has 30 heavy (non-hydrogen) atoms. The number of guanidine groups is 1. The summed E-state index contributed by atoms with van der Waals surface area (Å²) in [5.41, 5.74) is 8.16. The molecule has 2 aromatic heterocycles. The Hall–Kier alpha value is -4.01. The molecule has 9 nitrogen and oxygen atoms in total. The van der Waals surface area contributed by atoms with Gasteiger partial charge in [-0.15, -0.1) is 0 Å². The summed E-state index contributed by atoms with van der Waals surface area (Å²) in [6.07, 6.45) is 1.52. The minimum Gasteiger partial charge on any atom is -0.489 e. The first kappa shape index (κ1) is 16.9. The predicted octanol–water partition coefficient (Wildman–Crippen LogP) is 2.59. The summed E-state index contributed by atoms with van der Waals surface area (Å²) in [7, 11) is 0. The van der Waals surface area contributed by atoms with E-state index in [0.717, 1.165) is 11.9 Å². The predicted molar refractivity (Wildman–Crippen MR) is 111 cm³/mol. The van der Waals surface area contributed by atoms with Crippen LogP contribution in [0.4, 0.5) is 5.95 Å². The lowest BCUT2D eigenvalue weighted by molar-refractivity contribution is 0.297. The summed E-state index contributed by atoms with van der Waals surface area (Å²) in [4.78, 5) is 22.3. The largest absolute Gasteiger partial charge is 0.489 e. The summed E-state index contributed by atoms with van der Waals surface area (Å²) in [6.45, 7) is 1.15. The van der Waals surface area contributed by atoms with Gasteiger partial charge in [-0.1, -0.05) is 12.1 Å². The molecule has 0 saturated heterocycles. The van der Waals surface area contributed by atoms with Crippen LogP contribution in [0.5, 0.6) is 11.5 Å². The molecule has 1 atom stereocenters. The summed E-state index contributed by atoms with van der Waals surface area (Å²) >= 11 is 0. The van der Waals surface area contributed by atoms with Gasteiger partial charge in [0.15, 0.2) is 29.1 Å². The Balaban J connectivity index is 1.59. The van der Waals surface area contributed by atoms with Gasteiger partial charge in [0.2, 0.25) is 5.95 Å². The highest BCUT2D eigenvalue weighted by Crippen LogP contribution is 2.38. The molecule has 3 N–H and O–H groups in total. The van der Waals surface area contributed by atoms with Gasteiger partial charge in [-0.05, 0) is 12.1 Å². The van der Waals surface area contributed by atoms with Gasteiger partial charge in [-0.2, -0.15) is 0 Å². The molecule has 0 fully saturated rings. The molecule has 4 aromatic rings. The highest BCUT2D eigenvalue weighted by Gasteiger charge is 2.29. The van der Waals surface area contributed by atoms with Crippen LogP contribution in [0.15, 0.2) is 56.9 Å². The van der Waals surface area contributed by atoms with Crippen LogP contribution < -0.4 is 26.0 Å². The molecule has 4 heterocycles. The fraction of sp³-hybridized carbons (Fsp3) is 0.190. The number of imidazole rings is 1. The average Bonchev–Trinajstić information content (AvgIpc) is 2.93. The lowest BCUT2D eigenvalue weighted by Gasteiger charge is -2.23. The van der Waals surface area contributed by atoms with E-state index in [4.69, 9.17) is 19.6 Å². The second-order valence-corrected chi connectivity index (χ2v) is 7.17. The van der Waals surface area contributed by atoms with Crippen LogP contribution in [0.25, 0.3) is 22.0 Å². The van der Waals surface area contributed by atoms with E-state index in [9.17, 15) is 4.79 Å². The van der Waals surface area contributed by atoms with Crippen molar-refractivity contribution in [1.29, 1.82) is 0 Å². The van der Waals surface area contributed by atoms with Crippen LogP contribution in [-0.2, 0) is 0 Å². The molecule has 2 aliphatic heterocycles. The number of aliphatic imine (C=N–C) groups is 1. The first-order chi connectivity index (χ1) is 14.7. The fourth-order valence-corrected chi connectivity index (χ4v) is 3.90. The molecule has 9 heteroatoms. The van der Waals surface area contributed by atoms with E-state index in [0.29, 0.717) is 52.7 Å². The Bertz CT molecular complexity index is 1400. The number of aromatic nitrogens is 2. The van der Waals surface area contributed by atoms with Gasteiger partial charge in [0.05, 0.1) is 35.2 Å². The number of hydrogen-bond acceptors (Lipinski definition) is 8. The van der Waals surface area contributed by atoms with Gasteiger partial charge < -0.3 is 19.6 Å². The number of fused-ring (bicyclic) bond motifs is 5. The summed E-state index contributed by atoms with van der Waals surface area (Å²) < 4.78 is 19.1. The topological polar surface area (TPSA) is 117 Å². The Morgan fingerprint density at radius 2 is 1.93 bits per heavy atom. The third-order valence-corrected chi connectivity index (χ3v) is 5.29. The van der Waals surface area contributed by atoms with Crippen molar-refractivity contribution in [3.63, 3.8) is 0 Å². The number of nitrogens with two attached hydrogens (primary N) is 1. The van der Waals surface area contributed by atoms with Crippen LogP contribution in [0.3, 0.4) is 0 Å². The first-order valence-electron chi connectivity index (χ1n) is 9.61. The lowest BCUT2D eigenvalue weighted by Crippen LogP contribution is -2.33. The number of benzene rings is 2. The molecule has 6 rings (SSSR count). The van der Waals surface area contributed by atoms with E-state index < -0.39 is 6.17 Å². The molecular formula is C21H17N5O4. The SMILES string of the molecule is NC1=N[C@@H](c2coc3ccccc3c2=O)n2c(nc3cc4c(cc32)OCCCO4)N1. The van der Waals surface area contributed by atoms with E-state index in [2.05, 4.69) is 15.3 Å². The molecule has 150 valence electrons. The van der Waals surface area contributed by atoms with Crippen molar-refractivity contribution in [2.45, 2.75) is 12.6 Å². The number of ether oxygens (including phenoxy) is 2. The molecule has 0 spiro atoms. The third kappa shape index (κ3) is 2.45. The van der Waals surface area contributed by atoms with E-state index in [-0.39, 0.29) is 11.4 Å². The highest BCUT2D eigenvalue weighted by atomic mass is 16.5. The van der Waals surface area contributed by atoms with Gasteiger partial charge in [-0.3, -0.25) is 14.7 Å². The molecule has 0 amide bonds. The zero-order valence-electron chi connectivity index (χ0n) is 15.8. The smallest absolute Gasteiger partial charge is 0.212 e. The summed E-state index contributed by atoms with van der Waals surface area (Å²) in [5, 5.41) is 3.46. The van der Waals surface area contributed by atoms with Gasteiger partial charge in [0.1, 0.15) is 11.8 Å². The van der Waals surface area contributed by atoms with E-state index in [1.807, 2.05) is 22.8 Å². The number of rotatable bonds is 1. The Morgan fingerprint density at radius 3 is 2.80 bits per heavy atom. The second-order valence-electron chi connectivity index (χ2n) is 7.17. The van der Waals surface area contributed by atoms with Crippen molar-refractivity contribution in [2.24, 2.45) is 10.7 Å². The Kier molecular flexibility index (Phi) is 3.52. The molecule has 2 aliphatic rings. The number of nitrogens with one attached hydrogen (secondary N) is 1. The molecule has 0 saturated carbocycles. The molecule has 0 bridgehead atoms. The van der Waals surface area contributed by atoms with Crippen LogP contribution >= 0.6 is 0 Å². The first-order valence-corrected chi connectivity index (χ1v) is 9.61. The van der Waals surface area contributed by atoms with Crippen LogP contribution in [0.1, 0.15) is 18.2 Å². The summed E-state index contributed by atoms with van der Waals surface area (Å²) in [5.74, 6) is 1.93. The van der Waals surface area contributed by atoms with Crippen LogP contribution in [0.2, 0.25) is 0 Å². The summed E-state index contributed by atoms with van der Waals surface area (Å²) in [6, 6.07) is 10.8. The third-order valence-electron chi connectivity index (χ3n) is 5.29. The monoisotopic (exact) mass is 403 g/mol. The van der Waals surface area contributed by atoms with Crippen molar-refractivity contribution in [3.8, 4) is 11.5 Å². The minimum absolute atomic E-state index is 0.164. The van der Waals surface area contributed by atoms with E-state index in [1.54, 1.807) is 18.2 Å². The Labute approximate surface area is 169 Å². The van der Waals surface area contributed by atoms with Gasteiger partial charge in [-0.25, -0.2) is 9.98 Å². The molecule has 2 aromatic carbocycles. The normalized spacial score (nSPS) is 17.9. The van der Waals surface area contributed by atoms with Gasteiger partial charge >= 0.3 is 0 Å². The number of nitrogens with zero attached hydrogens (tertiary/aromatic N) is 3. The zero-order valence-corrected chi connectivity index (χ0v) is 15.8. The minimum atomic E-state index is -0.725. The fourth-order valence-electron chi connectivity index (χ4n) is 3.90. The molecule has 0 aliphatic carbocycles. The average molecular weight is 403 g/mol. The highest BCUT2D eigenvalue weighted by molar-refractivity contribution is 5.95. The lowest BCUT2D eigenvalue weighted by atomic mass is 10.1. The van der Waals surface area contributed by atoms with Crippen molar-refractivity contribution >= 4 is 33.9 Å². The van der Waals surface area contributed by atoms with Crippen LogP contribution in [-0.4, -0.2) is 28.7 Å². The molecular weight excluding hydrogens is 386 g/mol. The van der Waals surface area contributed by atoms with E-state index >= 15 is 0 Å². The standard InChI is InChI=1S/C21H17N5O4/c22-20-24-19(12-10-30-15-5-2-1-4-11(15)18(12)27)26-14-9-17-16(28-6-3-7-29-17)8-13(14)23-21(26)25-20/h1-2,4-5,8-10,19H,3,6-7H2,(H3,22,23,24,25)/t19-/m1/s1. The van der Waals surface area contributed by atoms with Crippen LogP contribution in [0, 0.1) is 0 Å². The maximum atomic E-state index is 13.2. The van der Waals surface area contributed by atoms with Crippen molar-refractivity contribution in [1.82, 2.24) is 9.55 Å². The van der Waals surface area contributed by atoms with Crippen molar-refractivity contribution in [2.75, 3.05) is 18.5 Å². The quantitative estimate of drug-likeness (QED) is 0.502. The second kappa shape index (κ2) is 6.24. The number of para-hydroxylation sites is 1. The molecule has 0 radical (unpaired) electrons. The van der Waals surface area contributed by atoms with Gasteiger partial charge in [0, 0.05) is 18.6 Å². The van der Waals surface area contributed by atoms with Crippen molar-refractivity contribution in [3.05, 3.63) is 58.4 Å². The van der Waals surface area contributed by atoms with E-state index in [1.165, 1.54) is 6.26 Å². The maximum Gasteiger partial charge on any atom is 0.212 e. The number of hydrogen-bond donors (Lipinski definition) is 2. The Morgan fingerprint density at radius 1 is 1.13 bits per heavy atom. The maximum absolute atomic E-state index is 13.2. The zero-order chi connectivity index (χ0) is 20.2. The molecule has 0 unspecified atom stereocenters. The number of anilines is 1. The van der Waals surface area contributed by atoms with Crippen molar-refractivity contribution < 1.29 is 13.9 Å².